The minimum Gasteiger partial charge on any atom is -0.395 e. The summed E-state index contributed by atoms with van der Waals surface area (Å²) in [7, 11) is -3.68. The molecule has 0 atom stereocenters. The van der Waals surface area contributed by atoms with Crippen molar-refractivity contribution in [3.8, 4) is 22.1 Å². The third kappa shape index (κ3) is 6.28. The molecule has 2 aliphatic heterocycles. The number of anilines is 3. The van der Waals surface area contributed by atoms with Gasteiger partial charge in [-0.2, -0.15) is 4.37 Å². The Hall–Kier alpha value is -2.97. The number of hydrogen-bond donors (Lipinski definition) is 2. The van der Waals surface area contributed by atoms with Crippen LogP contribution in [0.1, 0.15) is 44.2 Å². The van der Waals surface area contributed by atoms with E-state index in [1.54, 1.807) is 17.0 Å². The van der Waals surface area contributed by atoms with Crippen LogP contribution in [0.2, 0.25) is 0 Å². The van der Waals surface area contributed by atoms with E-state index < -0.39 is 22.6 Å². The van der Waals surface area contributed by atoms with E-state index in [2.05, 4.69) is 24.0 Å². The molecule has 6 rings (SSSR count). The minimum atomic E-state index is -3.68. The van der Waals surface area contributed by atoms with Gasteiger partial charge in [-0.15, -0.1) is 0 Å². The number of halogens is 2. The molecule has 2 aromatic heterocycles. The number of sulfonamides is 1. The molecular formula is C27H33F2N7O3S2. The van der Waals surface area contributed by atoms with Crippen molar-refractivity contribution in [3.63, 3.8) is 0 Å². The van der Waals surface area contributed by atoms with Crippen molar-refractivity contribution in [2.75, 3.05) is 53.1 Å². The van der Waals surface area contributed by atoms with Crippen LogP contribution in [0, 0.1) is 12.3 Å². The van der Waals surface area contributed by atoms with Gasteiger partial charge in [-0.05, 0) is 73.8 Å². The number of aryl methyl sites for hydroxylation is 1. The molecule has 0 radical (unpaired) electrons. The third-order valence-corrected chi connectivity index (χ3v) is 10.3. The highest BCUT2D eigenvalue weighted by Gasteiger charge is 2.44. The molecule has 1 aliphatic carbocycles. The molecule has 3 fully saturated rings. The van der Waals surface area contributed by atoms with Gasteiger partial charge in [0, 0.05) is 56.0 Å². The largest absolute Gasteiger partial charge is 0.395 e. The van der Waals surface area contributed by atoms with E-state index in [4.69, 9.17) is 10.1 Å². The van der Waals surface area contributed by atoms with Crippen molar-refractivity contribution in [2.45, 2.75) is 51.4 Å². The number of nitrogens with one attached hydrogen (secondary N) is 1. The third-order valence-electron chi connectivity index (χ3n) is 8.26. The first-order valence-corrected chi connectivity index (χ1v) is 16.3. The normalized spacial score (nSPS) is 19.9. The molecule has 10 nitrogen and oxygen atoms in total. The van der Waals surface area contributed by atoms with Crippen molar-refractivity contribution in [2.24, 2.45) is 5.41 Å². The average molecular weight is 606 g/mol. The molecule has 0 bridgehead atoms. The maximum absolute atomic E-state index is 13.7. The second-order valence-corrected chi connectivity index (χ2v) is 13.9. The fourth-order valence-electron chi connectivity index (χ4n) is 5.57. The first-order valence-electron chi connectivity index (χ1n) is 13.9. The molecule has 2 saturated heterocycles. The summed E-state index contributed by atoms with van der Waals surface area (Å²) < 4.78 is 59.2. The van der Waals surface area contributed by atoms with Gasteiger partial charge in [0.25, 0.3) is 5.92 Å². The van der Waals surface area contributed by atoms with Crippen molar-refractivity contribution >= 4 is 38.9 Å². The van der Waals surface area contributed by atoms with Crippen LogP contribution in [0.4, 0.5) is 26.1 Å². The molecule has 220 valence electrons. The summed E-state index contributed by atoms with van der Waals surface area (Å²) in [5.74, 6) is -2.22. The smallest absolute Gasteiger partial charge is 0.251 e. The number of aliphatic hydroxyl groups is 1. The van der Waals surface area contributed by atoms with Gasteiger partial charge in [0.2, 0.25) is 16.0 Å². The standard InChI is InChI=1S/C27H33F2N7O3S2/c1-18-16-21(31-25(30-18)36-12-8-27(28,29)9-13-36)23-32-24(40-33-23)20-3-2-19(34-41(38,39)15-14-37)17-22(20)35-10-6-26(4-5-26)7-11-35/h2-3,16-17,34,37H,4-15H2,1H3. The van der Waals surface area contributed by atoms with Crippen LogP contribution in [0.25, 0.3) is 22.1 Å². The number of aromatic nitrogens is 4. The maximum Gasteiger partial charge on any atom is 0.251 e. The van der Waals surface area contributed by atoms with Gasteiger partial charge in [0.15, 0.2) is 5.82 Å². The summed E-state index contributed by atoms with van der Waals surface area (Å²) in [4.78, 5) is 18.0. The predicted molar refractivity (Wildman–Crippen MR) is 155 cm³/mol. The molecule has 3 aromatic rings. The van der Waals surface area contributed by atoms with Gasteiger partial charge in [0.05, 0.1) is 18.0 Å². The minimum absolute atomic E-state index is 0.181. The van der Waals surface area contributed by atoms with Crippen LogP contribution in [-0.2, 0) is 10.0 Å². The molecule has 4 heterocycles. The lowest BCUT2D eigenvalue weighted by atomic mass is 9.93. The topological polar surface area (TPSA) is 124 Å². The molecule has 0 amide bonds. The van der Waals surface area contributed by atoms with Crippen LogP contribution in [0.5, 0.6) is 0 Å². The van der Waals surface area contributed by atoms with Gasteiger partial charge in [-0.1, -0.05) is 0 Å². The number of aliphatic hydroxyl groups excluding tert-OH is 1. The Morgan fingerprint density at radius 3 is 2.37 bits per heavy atom. The average Bonchev–Trinajstić information content (AvgIpc) is 3.48. The van der Waals surface area contributed by atoms with E-state index in [1.807, 2.05) is 19.1 Å². The molecule has 1 aromatic carbocycles. The summed E-state index contributed by atoms with van der Waals surface area (Å²) in [6.45, 7) is 3.47. The van der Waals surface area contributed by atoms with E-state index >= 15 is 0 Å². The van der Waals surface area contributed by atoms with Crippen molar-refractivity contribution in [1.82, 2.24) is 19.3 Å². The van der Waals surface area contributed by atoms with Gasteiger partial charge in [-0.25, -0.2) is 32.2 Å². The first-order chi connectivity index (χ1) is 19.5. The first kappa shape index (κ1) is 28.2. The lowest BCUT2D eigenvalue weighted by Gasteiger charge is -2.35. The Morgan fingerprint density at radius 2 is 1.68 bits per heavy atom. The van der Waals surface area contributed by atoms with Crippen LogP contribution in [0.3, 0.4) is 0 Å². The Morgan fingerprint density at radius 1 is 0.976 bits per heavy atom. The molecule has 3 aliphatic rings. The zero-order valence-electron chi connectivity index (χ0n) is 22.8. The summed E-state index contributed by atoms with van der Waals surface area (Å²) >= 11 is 1.23. The highest BCUT2D eigenvalue weighted by atomic mass is 32.2. The van der Waals surface area contributed by atoms with Gasteiger partial charge < -0.3 is 14.9 Å². The molecule has 1 spiro atoms. The molecule has 0 unspecified atom stereocenters. The fourth-order valence-corrected chi connectivity index (χ4v) is 7.10. The molecule has 1 saturated carbocycles. The summed E-state index contributed by atoms with van der Waals surface area (Å²) in [6, 6.07) is 7.16. The Kier molecular flexibility index (Phi) is 7.35. The summed E-state index contributed by atoms with van der Waals surface area (Å²) in [5.41, 5.74) is 3.84. The van der Waals surface area contributed by atoms with Gasteiger partial charge >= 0.3 is 0 Å². The Labute approximate surface area is 242 Å². The molecule has 14 heteroatoms. The predicted octanol–water partition coefficient (Wildman–Crippen LogP) is 4.32. The number of benzene rings is 1. The zero-order valence-corrected chi connectivity index (χ0v) is 24.4. The second-order valence-electron chi connectivity index (χ2n) is 11.3. The monoisotopic (exact) mass is 605 g/mol. The lowest BCUT2D eigenvalue weighted by molar-refractivity contribution is -0.0222. The van der Waals surface area contributed by atoms with Crippen LogP contribution >= 0.6 is 11.5 Å². The number of piperidine rings is 2. The molecule has 2 N–H and O–H groups in total. The summed E-state index contributed by atoms with van der Waals surface area (Å²) in [6.07, 6.45) is 4.28. The van der Waals surface area contributed by atoms with E-state index in [0.29, 0.717) is 39.3 Å². The van der Waals surface area contributed by atoms with Crippen molar-refractivity contribution in [3.05, 3.63) is 30.0 Å². The van der Waals surface area contributed by atoms with Crippen molar-refractivity contribution < 1.29 is 22.3 Å². The van der Waals surface area contributed by atoms with Crippen molar-refractivity contribution in [1.29, 1.82) is 0 Å². The lowest BCUT2D eigenvalue weighted by Crippen LogP contribution is -2.40. The van der Waals surface area contributed by atoms with Crippen LogP contribution in [0.15, 0.2) is 24.3 Å². The van der Waals surface area contributed by atoms with E-state index in [9.17, 15) is 17.2 Å². The zero-order chi connectivity index (χ0) is 28.8. The highest BCUT2D eigenvalue weighted by Crippen LogP contribution is 2.54. The number of nitrogens with zero attached hydrogens (tertiary/aromatic N) is 6. The quantitative estimate of drug-likeness (QED) is 0.386. The van der Waals surface area contributed by atoms with E-state index in [1.165, 1.54) is 24.4 Å². The van der Waals surface area contributed by atoms with Gasteiger partial charge in [-0.3, -0.25) is 4.72 Å². The van der Waals surface area contributed by atoms with Crippen LogP contribution < -0.4 is 14.5 Å². The summed E-state index contributed by atoms with van der Waals surface area (Å²) in [5, 5.41) is 9.80. The van der Waals surface area contributed by atoms with Gasteiger partial charge in [0.1, 0.15) is 10.7 Å². The number of hydrogen-bond acceptors (Lipinski definition) is 10. The SMILES string of the molecule is Cc1cc(-c2nsc(-c3ccc(NS(=O)(=O)CCO)cc3N3CCC4(CC3)CC4)n2)nc(N2CCC(F)(F)CC2)n1. The molecule has 41 heavy (non-hydrogen) atoms. The van der Waals surface area contributed by atoms with E-state index in [-0.39, 0.29) is 31.7 Å². The number of alkyl halides is 2. The van der Waals surface area contributed by atoms with Crippen LogP contribution in [-0.4, -0.2) is 77.3 Å². The van der Waals surface area contributed by atoms with E-state index in [0.717, 1.165) is 37.2 Å². The molecular weight excluding hydrogens is 572 g/mol. The number of rotatable bonds is 8. The Bertz CT molecular complexity index is 1530. The Balaban J connectivity index is 1.30. The maximum atomic E-state index is 13.7. The second kappa shape index (κ2) is 10.7. The fraction of sp³-hybridized carbons (Fsp3) is 0.556. The highest BCUT2D eigenvalue weighted by molar-refractivity contribution is 7.92.